The Morgan fingerprint density at radius 1 is 0.913 bits per heavy atom. The fraction of sp³-hybridized carbons (Fsp3) is 0.294. The smallest absolute Gasteiger partial charge is 0.270 e. The monoisotopic (exact) mass is 331 g/mol. The third kappa shape index (κ3) is 3.24. The van der Waals surface area contributed by atoms with Gasteiger partial charge in [0.1, 0.15) is 5.69 Å². The highest BCUT2D eigenvalue weighted by atomic mass is 35.5. The van der Waals surface area contributed by atoms with Gasteiger partial charge in [0.2, 0.25) is 0 Å². The van der Waals surface area contributed by atoms with E-state index >= 15 is 0 Å². The molecule has 0 unspecified atom stereocenters. The van der Waals surface area contributed by atoms with E-state index in [1.807, 2.05) is 29.9 Å². The van der Waals surface area contributed by atoms with Crippen molar-refractivity contribution in [1.29, 1.82) is 0 Å². The van der Waals surface area contributed by atoms with E-state index in [0.717, 1.165) is 0 Å². The van der Waals surface area contributed by atoms with Gasteiger partial charge in [-0.2, -0.15) is 0 Å². The zero-order chi connectivity index (χ0) is 16.4. The molecule has 5 nitrogen and oxygen atoms in total. The molecule has 0 bridgehead atoms. The summed E-state index contributed by atoms with van der Waals surface area (Å²) in [7, 11) is 1.85. The first-order valence-electron chi connectivity index (χ1n) is 7.52. The Bertz CT molecular complexity index is 716. The fourth-order valence-corrected chi connectivity index (χ4v) is 2.86. The van der Waals surface area contributed by atoms with Crippen LogP contribution in [0.2, 0.25) is 5.02 Å². The Morgan fingerprint density at radius 3 is 2.00 bits per heavy atom. The van der Waals surface area contributed by atoms with Crippen LogP contribution in [0.4, 0.5) is 0 Å². The van der Waals surface area contributed by atoms with Crippen LogP contribution < -0.4 is 0 Å². The summed E-state index contributed by atoms with van der Waals surface area (Å²) in [5.74, 6) is -0.0104. The molecule has 1 aromatic heterocycles. The van der Waals surface area contributed by atoms with Crippen LogP contribution in [0.5, 0.6) is 0 Å². The quantitative estimate of drug-likeness (QED) is 0.847. The summed E-state index contributed by atoms with van der Waals surface area (Å²) in [4.78, 5) is 28.5. The van der Waals surface area contributed by atoms with Gasteiger partial charge < -0.3 is 14.4 Å². The summed E-state index contributed by atoms with van der Waals surface area (Å²) >= 11 is 5.85. The molecule has 2 amide bonds. The van der Waals surface area contributed by atoms with Crippen LogP contribution in [0.25, 0.3) is 0 Å². The summed E-state index contributed by atoms with van der Waals surface area (Å²) in [6.45, 7) is 2.17. The number of carbonyl (C=O) groups excluding carboxylic acids is 2. The summed E-state index contributed by atoms with van der Waals surface area (Å²) < 4.78 is 1.81. The van der Waals surface area contributed by atoms with Crippen molar-refractivity contribution in [3.63, 3.8) is 0 Å². The van der Waals surface area contributed by atoms with Crippen molar-refractivity contribution < 1.29 is 9.59 Å². The highest BCUT2D eigenvalue weighted by Crippen LogP contribution is 2.14. The average Bonchev–Trinajstić information content (AvgIpc) is 3.00. The molecule has 1 fully saturated rings. The number of hydrogen-bond acceptors (Lipinski definition) is 2. The first-order chi connectivity index (χ1) is 11.1. The van der Waals surface area contributed by atoms with Gasteiger partial charge in [-0.1, -0.05) is 11.6 Å². The minimum atomic E-state index is -0.0207. The van der Waals surface area contributed by atoms with E-state index in [9.17, 15) is 9.59 Å². The van der Waals surface area contributed by atoms with Crippen LogP contribution in [-0.2, 0) is 7.05 Å². The maximum Gasteiger partial charge on any atom is 0.270 e. The van der Waals surface area contributed by atoms with Crippen molar-refractivity contribution in [2.75, 3.05) is 26.2 Å². The van der Waals surface area contributed by atoms with E-state index in [0.29, 0.717) is 42.5 Å². The van der Waals surface area contributed by atoms with Crippen molar-refractivity contribution in [2.24, 2.45) is 7.05 Å². The average molecular weight is 332 g/mol. The molecule has 0 aliphatic carbocycles. The number of amides is 2. The lowest BCUT2D eigenvalue weighted by atomic mass is 10.2. The van der Waals surface area contributed by atoms with Crippen molar-refractivity contribution in [3.05, 3.63) is 58.9 Å². The molecule has 0 saturated carbocycles. The van der Waals surface area contributed by atoms with E-state index in [4.69, 9.17) is 11.6 Å². The highest BCUT2D eigenvalue weighted by Gasteiger charge is 2.26. The minimum absolute atomic E-state index is 0.0103. The van der Waals surface area contributed by atoms with Crippen LogP contribution in [-0.4, -0.2) is 52.4 Å². The molecule has 3 rings (SSSR count). The number of benzene rings is 1. The van der Waals surface area contributed by atoms with Gasteiger partial charge >= 0.3 is 0 Å². The molecular weight excluding hydrogens is 314 g/mol. The SMILES string of the molecule is Cn1cccc1C(=O)N1CCN(C(=O)c2ccc(Cl)cc2)CC1. The fourth-order valence-electron chi connectivity index (χ4n) is 2.73. The van der Waals surface area contributed by atoms with E-state index in [1.54, 1.807) is 34.1 Å². The van der Waals surface area contributed by atoms with Crippen molar-refractivity contribution >= 4 is 23.4 Å². The van der Waals surface area contributed by atoms with Crippen molar-refractivity contribution in [1.82, 2.24) is 14.4 Å². The molecule has 23 heavy (non-hydrogen) atoms. The van der Waals surface area contributed by atoms with Gasteiger partial charge in [-0.15, -0.1) is 0 Å². The molecule has 120 valence electrons. The molecule has 0 spiro atoms. The Hall–Kier alpha value is -2.27. The van der Waals surface area contributed by atoms with Gasteiger partial charge in [0, 0.05) is 50.0 Å². The zero-order valence-electron chi connectivity index (χ0n) is 12.9. The summed E-state index contributed by atoms with van der Waals surface area (Å²) in [6.07, 6.45) is 1.85. The van der Waals surface area contributed by atoms with E-state index in [1.165, 1.54) is 0 Å². The molecule has 1 saturated heterocycles. The maximum absolute atomic E-state index is 12.5. The molecule has 0 N–H and O–H groups in total. The molecule has 6 heteroatoms. The molecule has 0 radical (unpaired) electrons. The number of nitrogens with zero attached hydrogens (tertiary/aromatic N) is 3. The van der Waals surface area contributed by atoms with Crippen LogP contribution in [0.3, 0.4) is 0 Å². The maximum atomic E-state index is 12.5. The van der Waals surface area contributed by atoms with Crippen LogP contribution in [0, 0.1) is 0 Å². The van der Waals surface area contributed by atoms with Crippen LogP contribution in [0.1, 0.15) is 20.8 Å². The Balaban J connectivity index is 1.62. The first-order valence-corrected chi connectivity index (χ1v) is 7.89. The number of rotatable bonds is 2. The Labute approximate surface area is 140 Å². The van der Waals surface area contributed by atoms with Gasteiger partial charge in [0.25, 0.3) is 11.8 Å². The predicted octanol–water partition coefficient (Wildman–Crippen LogP) is 2.28. The summed E-state index contributed by atoms with van der Waals surface area (Å²) in [5.41, 5.74) is 1.29. The molecule has 1 aromatic carbocycles. The standard InChI is InChI=1S/C17H18ClN3O2/c1-19-8-2-3-15(19)17(23)21-11-9-20(10-12-21)16(22)13-4-6-14(18)7-5-13/h2-8H,9-12H2,1H3. The lowest BCUT2D eigenvalue weighted by Gasteiger charge is -2.34. The van der Waals surface area contributed by atoms with Gasteiger partial charge in [-0.3, -0.25) is 9.59 Å². The second kappa shape index (κ2) is 6.46. The van der Waals surface area contributed by atoms with Crippen molar-refractivity contribution in [2.45, 2.75) is 0 Å². The number of aromatic nitrogens is 1. The normalized spacial score (nSPS) is 14.9. The molecule has 1 aliphatic heterocycles. The number of piperazine rings is 1. The third-order valence-electron chi connectivity index (χ3n) is 4.11. The number of halogens is 1. The van der Waals surface area contributed by atoms with Gasteiger partial charge in [-0.05, 0) is 36.4 Å². The zero-order valence-corrected chi connectivity index (χ0v) is 13.7. The van der Waals surface area contributed by atoms with Crippen LogP contribution in [0.15, 0.2) is 42.6 Å². The summed E-state index contributed by atoms with van der Waals surface area (Å²) in [5, 5.41) is 0.611. The van der Waals surface area contributed by atoms with Crippen molar-refractivity contribution in [3.8, 4) is 0 Å². The summed E-state index contributed by atoms with van der Waals surface area (Å²) in [6, 6.07) is 10.5. The molecule has 2 heterocycles. The van der Waals surface area contributed by atoms with Crippen LogP contribution >= 0.6 is 11.6 Å². The van der Waals surface area contributed by atoms with E-state index in [2.05, 4.69) is 0 Å². The Morgan fingerprint density at radius 2 is 1.48 bits per heavy atom. The van der Waals surface area contributed by atoms with E-state index in [-0.39, 0.29) is 11.8 Å². The second-order valence-corrected chi connectivity index (χ2v) is 6.03. The largest absolute Gasteiger partial charge is 0.347 e. The molecule has 0 atom stereocenters. The first kappa shape index (κ1) is 15.6. The van der Waals surface area contributed by atoms with Gasteiger partial charge in [0.15, 0.2) is 0 Å². The molecular formula is C17H18ClN3O2. The number of aryl methyl sites for hydroxylation is 1. The second-order valence-electron chi connectivity index (χ2n) is 5.60. The lowest BCUT2D eigenvalue weighted by molar-refractivity contribution is 0.0530. The van der Waals surface area contributed by atoms with Gasteiger partial charge in [-0.25, -0.2) is 0 Å². The topological polar surface area (TPSA) is 45.6 Å². The lowest BCUT2D eigenvalue weighted by Crippen LogP contribution is -2.50. The Kier molecular flexibility index (Phi) is 4.39. The molecule has 2 aromatic rings. The predicted molar refractivity (Wildman–Crippen MR) is 88.7 cm³/mol. The number of carbonyl (C=O) groups is 2. The van der Waals surface area contributed by atoms with Gasteiger partial charge in [0.05, 0.1) is 0 Å². The number of hydrogen-bond donors (Lipinski definition) is 0. The third-order valence-corrected chi connectivity index (χ3v) is 4.36. The molecule has 1 aliphatic rings. The minimum Gasteiger partial charge on any atom is -0.347 e. The van der Waals surface area contributed by atoms with E-state index < -0.39 is 0 Å². The highest BCUT2D eigenvalue weighted by molar-refractivity contribution is 6.30.